The first kappa shape index (κ1) is 13.6. The molecule has 1 rings (SSSR count). The zero-order chi connectivity index (χ0) is 12.9. The Morgan fingerprint density at radius 1 is 1.41 bits per heavy atom. The summed E-state index contributed by atoms with van der Waals surface area (Å²) in [5.74, 6) is 0.0394. The molecular formula is C9H12NO6P. The maximum Gasteiger partial charge on any atom is 0.527 e. The Morgan fingerprint density at radius 3 is 2.47 bits per heavy atom. The van der Waals surface area contributed by atoms with Crippen molar-refractivity contribution in [2.45, 2.75) is 13.3 Å². The molecule has 8 heteroatoms. The molecule has 0 aliphatic carbocycles. The maximum absolute atomic E-state index is 11.3. The Bertz CT molecular complexity index is 432. The van der Waals surface area contributed by atoms with Gasteiger partial charge in [-0.15, -0.1) is 0 Å². The lowest BCUT2D eigenvalue weighted by Crippen LogP contribution is -1.98. The predicted octanol–water partition coefficient (Wildman–Crippen LogP) is 2.50. The first-order valence-corrected chi connectivity index (χ1v) is 6.35. The quantitative estimate of drug-likeness (QED) is 0.479. The van der Waals surface area contributed by atoms with Crippen LogP contribution in [-0.4, -0.2) is 16.4 Å². The number of nitrogens with zero attached hydrogens (tertiary/aromatic N) is 1. The van der Waals surface area contributed by atoms with Crippen LogP contribution in [-0.2, 0) is 9.09 Å². The maximum atomic E-state index is 11.3. The van der Waals surface area contributed by atoms with Crippen LogP contribution in [0.4, 0.5) is 5.69 Å². The molecule has 1 N–H and O–H groups in total. The second-order valence-electron chi connectivity index (χ2n) is 3.14. The first-order chi connectivity index (χ1) is 7.94. The van der Waals surface area contributed by atoms with Crippen molar-refractivity contribution in [3.63, 3.8) is 0 Å². The predicted molar refractivity (Wildman–Crippen MR) is 59.8 cm³/mol. The van der Waals surface area contributed by atoms with E-state index >= 15 is 0 Å². The smallest absolute Gasteiger partial charge is 0.404 e. The molecule has 0 bridgehead atoms. The van der Waals surface area contributed by atoms with Gasteiger partial charge in [0.2, 0.25) is 0 Å². The Kier molecular flexibility index (Phi) is 4.62. The molecule has 0 amide bonds. The Morgan fingerprint density at radius 2 is 2.00 bits per heavy atom. The van der Waals surface area contributed by atoms with E-state index in [0.29, 0.717) is 6.42 Å². The molecule has 1 unspecified atom stereocenters. The Hall–Kier alpha value is -1.43. The third-order valence-corrected chi connectivity index (χ3v) is 2.68. The van der Waals surface area contributed by atoms with Gasteiger partial charge >= 0.3 is 7.82 Å². The van der Waals surface area contributed by atoms with Crippen LogP contribution in [0.3, 0.4) is 0 Å². The van der Waals surface area contributed by atoms with Crippen molar-refractivity contribution in [1.82, 2.24) is 0 Å². The lowest BCUT2D eigenvalue weighted by atomic mass is 10.3. The van der Waals surface area contributed by atoms with Gasteiger partial charge in [-0.05, 0) is 18.6 Å². The molecule has 1 aromatic rings. The van der Waals surface area contributed by atoms with E-state index in [0.717, 1.165) is 0 Å². The average molecular weight is 261 g/mol. The van der Waals surface area contributed by atoms with E-state index in [-0.39, 0.29) is 18.0 Å². The van der Waals surface area contributed by atoms with Crippen LogP contribution in [0.15, 0.2) is 24.3 Å². The third kappa shape index (κ3) is 4.52. The second-order valence-corrected chi connectivity index (χ2v) is 4.52. The lowest BCUT2D eigenvalue weighted by molar-refractivity contribution is -0.384. The number of rotatable bonds is 6. The number of phosphoric acid groups is 1. The summed E-state index contributed by atoms with van der Waals surface area (Å²) in [6, 6.07) is 4.82. The van der Waals surface area contributed by atoms with Gasteiger partial charge < -0.3 is 4.52 Å². The van der Waals surface area contributed by atoms with Gasteiger partial charge in [-0.3, -0.25) is 19.5 Å². The fourth-order valence-electron chi connectivity index (χ4n) is 0.995. The van der Waals surface area contributed by atoms with Crippen LogP contribution in [0.5, 0.6) is 5.75 Å². The van der Waals surface area contributed by atoms with Gasteiger partial charge in [-0.1, -0.05) is 6.92 Å². The number of benzene rings is 1. The molecule has 0 aliphatic rings. The summed E-state index contributed by atoms with van der Waals surface area (Å²) in [6.07, 6.45) is 0.578. The van der Waals surface area contributed by atoms with E-state index in [2.05, 4.69) is 4.52 Å². The Balaban J connectivity index is 2.68. The van der Waals surface area contributed by atoms with Crippen molar-refractivity contribution >= 4 is 13.5 Å². The fourth-order valence-corrected chi connectivity index (χ4v) is 1.85. The SMILES string of the molecule is CCCOP(=O)(O)Oc1ccc([N+](=O)[O-])cc1. The normalized spacial score (nSPS) is 14.0. The van der Waals surface area contributed by atoms with Gasteiger partial charge in [-0.2, -0.15) is 0 Å². The molecule has 7 nitrogen and oxygen atoms in total. The van der Waals surface area contributed by atoms with E-state index in [1.807, 2.05) is 0 Å². The lowest BCUT2D eigenvalue weighted by Gasteiger charge is -2.11. The number of hydrogen-bond donors (Lipinski definition) is 1. The van der Waals surface area contributed by atoms with Crippen molar-refractivity contribution in [1.29, 1.82) is 0 Å². The number of nitro benzene ring substituents is 1. The zero-order valence-electron chi connectivity index (χ0n) is 9.11. The minimum Gasteiger partial charge on any atom is -0.404 e. The molecule has 0 fully saturated rings. The highest BCUT2D eigenvalue weighted by molar-refractivity contribution is 7.47. The van der Waals surface area contributed by atoms with Crippen LogP contribution >= 0.6 is 7.82 Å². The van der Waals surface area contributed by atoms with E-state index in [4.69, 9.17) is 4.52 Å². The van der Waals surface area contributed by atoms with Gasteiger partial charge in [0.1, 0.15) is 5.75 Å². The fraction of sp³-hybridized carbons (Fsp3) is 0.333. The van der Waals surface area contributed by atoms with Gasteiger partial charge in [0, 0.05) is 12.1 Å². The topological polar surface area (TPSA) is 98.9 Å². The summed E-state index contributed by atoms with van der Waals surface area (Å²) in [5, 5.41) is 10.4. The number of non-ortho nitro benzene ring substituents is 1. The summed E-state index contributed by atoms with van der Waals surface area (Å²) in [4.78, 5) is 19.1. The summed E-state index contributed by atoms with van der Waals surface area (Å²) in [5.41, 5.74) is -0.125. The summed E-state index contributed by atoms with van der Waals surface area (Å²) < 4.78 is 20.7. The summed E-state index contributed by atoms with van der Waals surface area (Å²) in [6.45, 7) is 1.88. The van der Waals surface area contributed by atoms with Gasteiger partial charge in [0.05, 0.1) is 11.5 Å². The average Bonchev–Trinajstić information content (AvgIpc) is 2.26. The van der Waals surface area contributed by atoms with E-state index in [9.17, 15) is 19.6 Å². The van der Waals surface area contributed by atoms with E-state index in [1.54, 1.807) is 6.92 Å². The van der Waals surface area contributed by atoms with Crippen LogP contribution in [0.25, 0.3) is 0 Å². The second kappa shape index (κ2) is 5.77. The molecule has 0 heterocycles. The molecular weight excluding hydrogens is 249 g/mol. The third-order valence-electron chi connectivity index (χ3n) is 1.73. The van der Waals surface area contributed by atoms with Gasteiger partial charge in [0.25, 0.3) is 5.69 Å². The first-order valence-electron chi connectivity index (χ1n) is 4.86. The molecule has 17 heavy (non-hydrogen) atoms. The van der Waals surface area contributed by atoms with Crippen molar-refractivity contribution < 1.29 is 23.4 Å². The van der Waals surface area contributed by atoms with Gasteiger partial charge in [0.15, 0.2) is 0 Å². The molecule has 0 spiro atoms. The van der Waals surface area contributed by atoms with E-state index < -0.39 is 12.7 Å². The van der Waals surface area contributed by atoms with Crippen molar-refractivity contribution in [3.8, 4) is 5.75 Å². The van der Waals surface area contributed by atoms with Crippen LogP contribution in [0.1, 0.15) is 13.3 Å². The van der Waals surface area contributed by atoms with E-state index in [1.165, 1.54) is 24.3 Å². The van der Waals surface area contributed by atoms with Gasteiger partial charge in [-0.25, -0.2) is 4.57 Å². The highest BCUT2D eigenvalue weighted by atomic mass is 31.2. The summed E-state index contributed by atoms with van der Waals surface area (Å²) >= 11 is 0. The molecule has 1 aromatic carbocycles. The Labute approximate surface area is 97.8 Å². The molecule has 0 aromatic heterocycles. The minimum absolute atomic E-state index is 0.0394. The van der Waals surface area contributed by atoms with Crippen LogP contribution in [0.2, 0.25) is 0 Å². The van der Waals surface area contributed by atoms with Crippen molar-refractivity contribution in [2.75, 3.05) is 6.61 Å². The van der Waals surface area contributed by atoms with Crippen molar-refractivity contribution in [2.24, 2.45) is 0 Å². The number of hydrogen-bond acceptors (Lipinski definition) is 5. The molecule has 0 saturated heterocycles. The molecule has 0 saturated carbocycles. The number of phosphoric ester groups is 1. The zero-order valence-corrected chi connectivity index (χ0v) is 10.0. The van der Waals surface area contributed by atoms with Crippen LogP contribution < -0.4 is 4.52 Å². The molecule has 94 valence electrons. The van der Waals surface area contributed by atoms with Crippen molar-refractivity contribution in [3.05, 3.63) is 34.4 Å². The highest BCUT2D eigenvalue weighted by Gasteiger charge is 2.22. The van der Waals surface area contributed by atoms with Crippen LogP contribution in [0, 0.1) is 10.1 Å². The summed E-state index contributed by atoms with van der Waals surface area (Å²) in [7, 11) is -4.14. The highest BCUT2D eigenvalue weighted by Crippen LogP contribution is 2.43. The monoisotopic (exact) mass is 261 g/mol. The largest absolute Gasteiger partial charge is 0.527 e. The standard InChI is InChI=1S/C9H12NO6P/c1-2-7-15-17(13,14)16-9-5-3-8(4-6-9)10(11)12/h3-6H,2,7H2,1H3,(H,13,14). The molecule has 0 radical (unpaired) electrons. The number of nitro groups is 1. The molecule has 0 aliphatic heterocycles. The molecule has 1 atom stereocenters. The minimum atomic E-state index is -4.14.